The van der Waals surface area contributed by atoms with Gasteiger partial charge in [0, 0.05) is 0 Å². The molecular weight excluding hydrogens is 168 g/mol. The van der Waals surface area contributed by atoms with Crippen molar-refractivity contribution in [3.05, 3.63) is 17.5 Å². The van der Waals surface area contributed by atoms with Gasteiger partial charge in [-0.05, 0) is 18.4 Å². The summed E-state index contributed by atoms with van der Waals surface area (Å²) in [5.41, 5.74) is 0. The summed E-state index contributed by atoms with van der Waals surface area (Å²) in [6.07, 6.45) is 0. The Morgan fingerprint density at radius 1 is 1.80 bits per heavy atom. The van der Waals surface area contributed by atoms with Crippen molar-refractivity contribution in [1.82, 2.24) is 0 Å². The zero-order valence-corrected chi connectivity index (χ0v) is 7.21. The van der Waals surface area contributed by atoms with Crippen LogP contribution in [0.2, 0.25) is 0 Å². The molecule has 0 radical (unpaired) electrons. The summed E-state index contributed by atoms with van der Waals surface area (Å²) in [6, 6.07) is 3.66. The summed E-state index contributed by atoms with van der Waals surface area (Å²) < 4.78 is 16.7. The van der Waals surface area contributed by atoms with E-state index in [4.69, 9.17) is 4.18 Å². The van der Waals surface area contributed by atoms with E-state index in [0.717, 1.165) is 4.21 Å². The van der Waals surface area contributed by atoms with E-state index in [1.165, 1.54) is 11.3 Å². The maximum Gasteiger partial charge on any atom is 0.199 e. The maximum absolute atomic E-state index is 11.0. The van der Waals surface area contributed by atoms with E-state index in [0.29, 0.717) is 6.61 Å². The van der Waals surface area contributed by atoms with Gasteiger partial charge in [-0.3, -0.25) is 4.18 Å². The monoisotopic (exact) mass is 176 g/mol. The van der Waals surface area contributed by atoms with Crippen LogP contribution >= 0.6 is 11.3 Å². The molecule has 0 unspecified atom stereocenters. The van der Waals surface area contributed by atoms with E-state index in [9.17, 15) is 4.21 Å². The third-order valence-corrected chi connectivity index (χ3v) is 3.16. The minimum absolute atomic E-state index is 0.491. The topological polar surface area (TPSA) is 26.3 Å². The van der Waals surface area contributed by atoms with Gasteiger partial charge < -0.3 is 0 Å². The zero-order valence-electron chi connectivity index (χ0n) is 5.57. The molecule has 0 aliphatic carbocycles. The molecule has 1 atom stereocenters. The fourth-order valence-electron chi connectivity index (χ4n) is 0.523. The van der Waals surface area contributed by atoms with Crippen molar-refractivity contribution in [2.24, 2.45) is 0 Å². The lowest BCUT2D eigenvalue weighted by Gasteiger charge is -1.94. The predicted molar refractivity (Wildman–Crippen MR) is 42.4 cm³/mol. The lowest BCUT2D eigenvalue weighted by molar-refractivity contribution is 0.372. The van der Waals surface area contributed by atoms with Crippen LogP contribution < -0.4 is 0 Å². The van der Waals surface area contributed by atoms with Crippen molar-refractivity contribution in [2.45, 2.75) is 11.1 Å². The van der Waals surface area contributed by atoms with Crippen LogP contribution in [0.1, 0.15) is 6.92 Å². The number of hydrogen-bond donors (Lipinski definition) is 0. The highest BCUT2D eigenvalue weighted by molar-refractivity contribution is 7.82. The quantitative estimate of drug-likeness (QED) is 0.702. The van der Waals surface area contributed by atoms with Gasteiger partial charge in [0.25, 0.3) is 0 Å². The molecule has 10 heavy (non-hydrogen) atoms. The molecule has 0 N–H and O–H groups in total. The Morgan fingerprint density at radius 2 is 2.60 bits per heavy atom. The van der Waals surface area contributed by atoms with E-state index < -0.39 is 11.1 Å². The molecule has 1 heterocycles. The van der Waals surface area contributed by atoms with Crippen molar-refractivity contribution >= 4 is 22.4 Å². The molecule has 0 bridgehead atoms. The van der Waals surface area contributed by atoms with Gasteiger partial charge in [0.2, 0.25) is 0 Å². The van der Waals surface area contributed by atoms with E-state index >= 15 is 0 Å². The second-order valence-electron chi connectivity index (χ2n) is 1.57. The Hall–Kier alpha value is -0.190. The molecule has 2 nitrogen and oxygen atoms in total. The molecular formula is C6H8O2S2. The Morgan fingerprint density at radius 3 is 3.10 bits per heavy atom. The third-order valence-electron chi connectivity index (χ3n) is 0.884. The van der Waals surface area contributed by atoms with Gasteiger partial charge in [0.15, 0.2) is 11.1 Å². The van der Waals surface area contributed by atoms with Crippen molar-refractivity contribution in [3.63, 3.8) is 0 Å². The lowest BCUT2D eigenvalue weighted by atomic mass is 10.7. The van der Waals surface area contributed by atoms with Gasteiger partial charge in [0.05, 0.1) is 6.61 Å². The first-order valence-corrected chi connectivity index (χ1v) is 4.88. The van der Waals surface area contributed by atoms with Crippen LogP contribution in [0, 0.1) is 0 Å². The summed E-state index contributed by atoms with van der Waals surface area (Å²) in [5.74, 6) is 0. The molecule has 1 aromatic heterocycles. The highest BCUT2D eigenvalue weighted by atomic mass is 32.2. The molecule has 0 aromatic carbocycles. The minimum atomic E-state index is -1.23. The van der Waals surface area contributed by atoms with Gasteiger partial charge >= 0.3 is 0 Å². The minimum Gasteiger partial charge on any atom is -0.286 e. The molecule has 0 saturated carbocycles. The van der Waals surface area contributed by atoms with Crippen LogP contribution in [0.3, 0.4) is 0 Å². The second-order valence-corrected chi connectivity index (χ2v) is 3.92. The van der Waals surface area contributed by atoms with E-state index in [1.807, 2.05) is 18.4 Å². The maximum atomic E-state index is 11.0. The van der Waals surface area contributed by atoms with Crippen LogP contribution in [0.25, 0.3) is 0 Å². The molecule has 1 rings (SSSR count). The molecule has 0 fully saturated rings. The van der Waals surface area contributed by atoms with Crippen LogP contribution in [-0.4, -0.2) is 10.8 Å². The first kappa shape index (κ1) is 7.91. The fraction of sp³-hybridized carbons (Fsp3) is 0.333. The highest BCUT2D eigenvalue weighted by Gasteiger charge is 2.02. The van der Waals surface area contributed by atoms with Gasteiger partial charge in [0.1, 0.15) is 4.21 Å². The van der Waals surface area contributed by atoms with Crippen LogP contribution in [0.5, 0.6) is 0 Å². The second kappa shape index (κ2) is 3.85. The van der Waals surface area contributed by atoms with Crippen molar-refractivity contribution in [2.75, 3.05) is 6.61 Å². The van der Waals surface area contributed by atoms with Gasteiger partial charge in [-0.15, -0.1) is 11.3 Å². The SMILES string of the molecule is CCO[S@@](=O)c1cccs1. The van der Waals surface area contributed by atoms with Gasteiger partial charge in [-0.25, -0.2) is 4.21 Å². The fourth-order valence-corrected chi connectivity index (χ4v) is 2.12. The smallest absolute Gasteiger partial charge is 0.199 e. The van der Waals surface area contributed by atoms with Gasteiger partial charge in [-0.2, -0.15) is 0 Å². The number of rotatable bonds is 3. The number of thiophene rings is 1. The number of hydrogen-bond acceptors (Lipinski definition) is 3. The normalized spacial score (nSPS) is 13.3. The van der Waals surface area contributed by atoms with Crippen LogP contribution in [-0.2, 0) is 15.3 Å². The van der Waals surface area contributed by atoms with Gasteiger partial charge in [-0.1, -0.05) is 6.07 Å². The first-order chi connectivity index (χ1) is 4.84. The summed E-state index contributed by atoms with van der Waals surface area (Å²) in [5, 5.41) is 1.88. The van der Waals surface area contributed by atoms with E-state index in [1.54, 1.807) is 6.07 Å². The summed E-state index contributed by atoms with van der Waals surface area (Å²) in [7, 11) is 0. The highest BCUT2D eigenvalue weighted by Crippen LogP contribution is 2.13. The Balaban J connectivity index is 2.59. The van der Waals surface area contributed by atoms with Crippen molar-refractivity contribution < 1.29 is 8.39 Å². The molecule has 4 heteroatoms. The first-order valence-electron chi connectivity index (χ1n) is 2.93. The molecule has 0 aliphatic rings. The Labute approximate surface area is 66.5 Å². The van der Waals surface area contributed by atoms with Crippen molar-refractivity contribution in [1.29, 1.82) is 0 Å². The molecule has 56 valence electrons. The molecule has 0 aliphatic heterocycles. The average molecular weight is 176 g/mol. The Kier molecular flexibility index (Phi) is 3.05. The average Bonchev–Trinajstić information content (AvgIpc) is 2.38. The Bertz CT molecular complexity index is 206. The van der Waals surface area contributed by atoms with E-state index in [-0.39, 0.29) is 0 Å². The largest absolute Gasteiger partial charge is 0.286 e. The van der Waals surface area contributed by atoms with Crippen molar-refractivity contribution in [3.8, 4) is 0 Å². The summed E-state index contributed by atoms with van der Waals surface area (Å²) in [4.78, 5) is 0. The van der Waals surface area contributed by atoms with Crippen LogP contribution in [0.15, 0.2) is 21.7 Å². The standard InChI is InChI=1S/C6H8O2S2/c1-2-8-10(7)6-4-3-5-9-6/h3-5H,2H2,1H3/t10-/m1/s1. The molecule has 0 saturated heterocycles. The summed E-state index contributed by atoms with van der Waals surface area (Å²) >= 11 is 0.212. The molecule has 0 spiro atoms. The van der Waals surface area contributed by atoms with Crippen LogP contribution in [0.4, 0.5) is 0 Å². The summed E-state index contributed by atoms with van der Waals surface area (Å²) in [6.45, 7) is 2.32. The predicted octanol–water partition coefficient (Wildman–Crippen LogP) is 1.81. The third kappa shape index (κ3) is 1.90. The zero-order chi connectivity index (χ0) is 7.40. The molecule has 0 amide bonds. The lowest BCUT2D eigenvalue weighted by Crippen LogP contribution is -1.93. The molecule has 1 aromatic rings. The van der Waals surface area contributed by atoms with E-state index in [2.05, 4.69) is 0 Å².